The van der Waals surface area contributed by atoms with E-state index < -0.39 is 5.97 Å². The lowest BCUT2D eigenvalue weighted by Crippen LogP contribution is -2.19. The van der Waals surface area contributed by atoms with E-state index in [0.29, 0.717) is 16.6 Å². The van der Waals surface area contributed by atoms with Crippen molar-refractivity contribution in [1.29, 1.82) is 0 Å². The molecule has 3 aromatic heterocycles. The highest BCUT2D eigenvalue weighted by atomic mass is 32.2. The highest BCUT2D eigenvalue weighted by molar-refractivity contribution is 7.99. The zero-order chi connectivity index (χ0) is 23.4. The minimum atomic E-state index is -0.435. The Kier molecular flexibility index (Phi) is 7.87. The van der Waals surface area contributed by atoms with Crippen molar-refractivity contribution in [3.63, 3.8) is 0 Å². The summed E-state index contributed by atoms with van der Waals surface area (Å²) in [5, 5.41) is 15.3. The number of aryl methyl sites for hydroxylation is 1. The first-order chi connectivity index (χ1) is 16.0. The Morgan fingerprint density at radius 3 is 2.73 bits per heavy atom. The Bertz CT molecular complexity index is 1110. The van der Waals surface area contributed by atoms with Gasteiger partial charge in [0.05, 0.1) is 18.4 Å². The molecule has 0 unspecified atom stereocenters. The molecular weight excluding hydrogens is 476 g/mol. The van der Waals surface area contributed by atoms with Crippen LogP contribution in [0.25, 0.3) is 0 Å². The molecule has 0 saturated heterocycles. The second-order valence-electron chi connectivity index (χ2n) is 8.13. The maximum atomic E-state index is 12.8. The smallest absolute Gasteiger partial charge is 0.341 e. The Hall–Kier alpha value is -2.17. The fourth-order valence-electron chi connectivity index (χ4n) is 4.16. The molecule has 1 N–H and O–H groups in total. The summed E-state index contributed by atoms with van der Waals surface area (Å²) in [4.78, 5) is 27.2. The van der Waals surface area contributed by atoms with Crippen LogP contribution in [0.4, 0.5) is 5.00 Å². The number of aromatic nitrogens is 3. The molecule has 0 aliphatic heterocycles. The van der Waals surface area contributed by atoms with E-state index in [2.05, 4.69) is 37.6 Å². The lowest BCUT2D eigenvalue weighted by Gasteiger charge is -2.25. The van der Waals surface area contributed by atoms with Crippen LogP contribution in [0.3, 0.4) is 0 Å². The minimum Gasteiger partial charge on any atom is -0.465 e. The molecule has 7 nitrogen and oxygen atoms in total. The molecule has 176 valence electrons. The molecule has 0 atom stereocenters. The maximum Gasteiger partial charge on any atom is 0.341 e. The summed E-state index contributed by atoms with van der Waals surface area (Å²) in [6.07, 6.45) is 6.67. The van der Waals surface area contributed by atoms with Crippen molar-refractivity contribution in [2.24, 2.45) is 0 Å². The zero-order valence-electron chi connectivity index (χ0n) is 19.1. The van der Waals surface area contributed by atoms with E-state index in [1.165, 1.54) is 54.3 Å². The topological polar surface area (TPSA) is 86.1 Å². The van der Waals surface area contributed by atoms with Crippen LogP contribution in [0.1, 0.15) is 69.6 Å². The molecule has 10 heteroatoms. The largest absolute Gasteiger partial charge is 0.465 e. The highest BCUT2D eigenvalue weighted by Gasteiger charge is 2.25. The molecule has 1 fully saturated rings. The molecule has 33 heavy (non-hydrogen) atoms. The van der Waals surface area contributed by atoms with Gasteiger partial charge in [-0.15, -0.1) is 32.9 Å². The Labute approximate surface area is 206 Å². The van der Waals surface area contributed by atoms with Crippen LogP contribution in [-0.2, 0) is 16.0 Å². The fraction of sp³-hybridized carbons (Fsp3) is 0.478. The van der Waals surface area contributed by atoms with Crippen molar-refractivity contribution in [2.75, 3.05) is 18.2 Å². The van der Waals surface area contributed by atoms with Gasteiger partial charge in [0.25, 0.3) is 0 Å². The number of esters is 1. The van der Waals surface area contributed by atoms with E-state index in [1.807, 2.05) is 13.8 Å². The average molecular weight is 505 g/mol. The number of hydrogen-bond acceptors (Lipinski definition) is 8. The lowest BCUT2D eigenvalue weighted by atomic mass is 9.95. The number of nitrogens with zero attached hydrogens (tertiary/aromatic N) is 3. The summed E-state index contributed by atoms with van der Waals surface area (Å²) in [6, 6.07) is 4.55. The van der Waals surface area contributed by atoms with Crippen molar-refractivity contribution in [1.82, 2.24) is 14.8 Å². The fourth-order valence-corrected chi connectivity index (χ4v) is 6.75. The molecule has 1 amide bonds. The highest BCUT2D eigenvalue weighted by Crippen LogP contribution is 2.35. The van der Waals surface area contributed by atoms with Crippen molar-refractivity contribution in [3.05, 3.63) is 44.2 Å². The Morgan fingerprint density at radius 2 is 2.03 bits per heavy atom. The van der Waals surface area contributed by atoms with Gasteiger partial charge in [-0.25, -0.2) is 4.79 Å². The number of amides is 1. The lowest BCUT2D eigenvalue weighted by molar-refractivity contribution is -0.113. The van der Waals surface area contributed by atoms with Crippen LogP contribution in [0, 0.1) is 13.8 Å². The van der Waals surface area contributed by atoms with Crippen LogP contribution in [0.5, 0.6) is 0 Å². The standard InChI is InChI=1S/C23H28N4O3S3/c1-14-15(2)33-21(20(14)22(29)30-3)24-19(28)13-32-23-26-25-18(12-17-10-7-11-31-17)27(23)16-8-5-4-6-9-16/h7,10-11,16H,4-6,8-9,12-13H2,1-3H3,(H,24,28). The van der Waals surface area contributed by atoms with Gasteiger partial charge < -0.3 is 14.6 Å². The van der Waals surface area contributed by atoms with Crippen LogP contribution in [0.2, 0.25) is 0 Å². The van der Waals surface area contributed by atoms with Crippen LogP contribution in [-0.4, -0.2) is 39.5 Å². The van der Waals surface area contributed by atoms with Gasteiger partial charge in [-0.2, -0.15) is 0 Å². The molecule has 0 spiro atoms. The van der Waals surface area contributed by atoms with Crippen LogP contribution < -0.4 is 5.32 Å². The average Bonchev–Trinajstić information content (AvgIpc) is 3.53. The number of carbonyl (C=O) groups is 2. The van der Waals surface area contributed by atoms with Crippen LogP contribution >= 0.6 is 34.4 Å². The molecule has 3 aromatic rings. The number of ether oxygens (including phenoxy) is 1. The van der Waals surface area contributed by atoms with Gasteiger partial charge in [0.15, 0.2) is 5.16 Å². The molecule has 0 radical (unpaired) electrons. The number of nitrogens with one attached hydrogen (secondary N) is 1. The number of anilines is 1. The number of hydrogen-bond donors (Lipinski definition) is 1. The van der Waals surface area contributed by atoms with Crippen molar-refractivity contribution in [3.8, 4) is 0 Å². The second kappa shape index (κ2) is 10.8. The SMILES string of the molecule is COC(=O)c1c(NC(=O)CSc2nnc(Cc3cccs3)n2C2CCCCC2)sc(C)c1C. The molecule has 0 bridgehead atoms. The van der Waals surface area contributed by atoms with E-state index in [0.717, 1.165) is 40.7 Å². The number of thioether (sulfide) groups is 1. The summed E-state index contributed by atoms with van der Waals surface area (Å²) in [7, 11) is 1.35. The molecular formula is C23H28N4O3S3. The third kappa shape index (κ3) is 5.50. The van der Waals surface area contributed by atoms with Gasteiger partial charge in [0.1, 0.15) is 10.8 Å². The first kappa shape index (κ1) is 24.0. The summed E-state index contributed by atoms with van der Waals surface area (Å²) in [5.74, 6) is 0.546. The monoisotopic (exact) mass is 504 g/mol. The van der Waals surface area contributed by atoms with Gasteiger partial charge >= 0.3 is 5.97 Å². The first-order valence-electron chi connectivity index (χ1n) is 11.0. The Morgan fingerprint density at radius 1 is 1.24 bits per heavy atom. The quantitative estimate of drug-likeness (QED) is 0.316. The molecule has 1 saturated carbocycles. The second-order valence-corrected chi connectivity index (χ2v) is 11.3. The van der Waals surface area contributed by atoms with E-state index in [4.69, 9.17) is 4.74 Å². The van der Waals surface area contributed by atoms with E-state index in [9.17, 15) is 9.59 Å². The number of thiophene rings is 2. The van der Waals surface area contributed by atoms with Gasteiger partial charge in [-0.1, -0.05) is 37.1 Å². The van der Waals surface area contributed by atoms with Gasteiger partial charge in [0.2, 0.25) is 5.91 Å². The van der Waals surface area contributed by atoms with Crippen molar-refractivity contribution in [2.45, 2.75) is 63.6 Å². The van der Waals surface area contributed by atoms with Crippen molar-refractivity contribution >= 4 is 51.3 Å². The first-order valence-corrected chi connectivity index (χ1v) is 13.7. The minimum absolute atomic E-state index is 0.176. The van der Waals surface area contributed by atoms with Gasteiger partial charge in [0, 0.05) is 22.2 Å². The molecule has 1 aliphatic rings. The van der Waals surface area contributed by atoms with E-state index >= 15 is 0 Å². The Balaban J connectivity index is 1.49. The van der Waals surface area contributed by atoms with Gasteiger partial charge in [-0.3, -0.25) is 4.79 Å². The normalized spacial score (nSPS) is 14.4. The molecule has 3 heterocycles. The predicted octanol–water partition coefficient (Wildman–Crippen LogP) is 5.63. The summed E-state index contributed by atoms with van der Waals surface area (Å²) < 4.78 is 7.16. The number of carbonyl (C=O) groups excluding carboxylic acids is 2. The molecule has 0 aromatic carbocycles. The third-order valence-electron chi connectivity index (χ3n) is 5.95. The predicted molar refractivity (Wildman–Crippen MR) is 134 cm³/mol. The number of rotatable bonds is 8. The van der Waals surface area contributed by atoms with Crippen LogP contribution in [0.15, 0.2) is 22.7 Å². The summed E-state index contributed by atoms with van der Waals surface area (Å²) in [6.45, 7) is 3.79. The van der Waals surface area contributed by atoms with E-state index in [-0.39, 0.29) is 11.7 Å². The molecule has 1 aliphatic carbocycles. The zero-order valence-corrected chi connectivity index (χ0v) is 21.5. The van der Waals surface area contributed by atoms with Gasteiger partial charge in [-0.05, 0) is 43.7 Å². The maximum absolute atomic E-state index is 12.8. The summed E-state index contributed by atoms with van der Waals surface area (Å²) >= 11 is 4.52. The third-order valence-corrected chi connectivity index (χ3v) is 8.89. The number of methoxy groups -OCH3 is 1. The molecule has 4 rings (SSSR count). The summed E-state index contributed by atoms with van der Waals surface area (Å²) in [5.41, 5.74) is 1.27. The van der Waals surface area contributed by atoms with E-state index in [1.54, 1.807) is 11.3 Å². The van der Waals surface area contributed by atoms with Crippen molar-refractivity contribution < 1.29 is 14.3 Å².